The lowest BCUT2D eigenvalue weighted by atomic mass is 10.2. The van der Waals surface area contributed by atoms with Gasteiger partial charge in [-0.25, -0.2) is 9.47 Å². The normalized spacial score (nSPS) is 15.4. The zero-order valence-electron chi connectivity index (χ0n) is 15.5. The number of benzene rings is 2. The zero-order chi connectivity index (χ0) is 19.5. The zero-order valence-corrected chi connectivity index (χ0v) is 17.2. The number of aliphatic imine (C=N–C) groups is 1. The predicted octanol–water partition coefficient (Wildman–Crippen LogP) is 4.96. The number of carbonyl (C=O) groups excluding carboxylic acids is 1. The molecule has 0 N–H and O–H groups in total. The Morgan fingerprint density at radius 2 is 1.93 bits per heavy atom. The molecule has 4 rings (SSSR count). The van der Waals surface area contributed by atoms with Crippen molar-refractivity contribution < 1.29 is 9.36 Å². The molecular formula is C22H20N3OS2+. The number of hydrogen-bond donors (Lipinski definition) is 0. The first-order valence-corrected chi connectivity index (χ1v) is 10.8. The van der Waals surface area contributed by atoms with E-state index in [4.69, 9.17) is 4.99 Å². The molecule has 6 heteroatoms. The van der Waals surface area contributed by atoms with E-state index in [1.807, 2.05) is 55.5 Å². The summed E-state index contributed by atoms with van der Waals surface area (Å²) in [5.74, 6) is 0.466. The highest BCUT2D eigenvalue weighted by Gasteiger charge is 2.34. The lowest BCUT2D eigenvalue weighted by Gasteiger charge is -2.13. The van der Waals surface area contributed by atoms with Crippen LogP contribution in [0.5, 0.6) is 0 Å². The highest BCUT2D eigenvalue weighted by Crippen LogP contribution is 2.31. The van der Waals surface area contributed by atoms with E-state index in [0.717, 1.165) is 27.6 Å². The van der Waals surface area contributed by atoms with E-state index in [-0.39, 0.29) is 5.91 Å². The fourth-order valence-corrected chi connectivity index (χ4v) is 4.88. The monoisotopic (exact) mass is 406 g/mol. The molecule has 3 aromatic rings. The first-order chi connectivity index (χ1) is 13.7. The molecule has 1 amide bonds. The second-order valence-corrected chi connectivity index (χ2v) is 8.20. The Morgan fingerprint density at radius 1 is 1.18 bits per heavy atom. The molecule has 0 spiro atoms. The number of allylic oxidation sites excluding steroid dienone is 1. The SMILES string of the molecule is C=CC[n+]1c(-c2ccccc2)csc1/N=C1\SCC(=O)N1c1ccc(C)cc1. The molecule has 140 valence electrons. The minimum absolute atomic E-state index is 0.0581. The van der Waals surface area contributed by atoms with Crippen LogP contribution in [-0.4, -0.2) is 16.8 Å². The van der Waals surface area contributed by atoms with Crippen LogP contribution in [0, 0.1) is 6.92 Å². The van der Waals surface area contributed by atoms with Crippen molar-refractivity contribution in [2.75, 3.05) is 10.7 Å². The molecule has 1 aliphatic rings. The summed E-state index contributed by atoms with van der Waals surface area (Å²) in [5, 5.41) is 3.68. The summed E-state index contributed by atoms with van der Waals surface area (Å²) in [6.07, 6.45) is 1.87. The third-order valence-electron chi connectivity index (χ3n) is 4.43. The predicted molar refractivity (Wildman–Crippen MR) is 118 cm³/mol. The van der Waals surface area contributed by atoms with E-state index in [2.05, 4.69) is 28.7 Å². The average Bonchev–Trinajstić information content (AvgIpc) is 3.28. The molecular weight excluding hydrogens is 386 g/mol. The van der Waals surface area contributed by atoms with Crippen LogP contribution >= 0.6 is 23.1 Å². The Kier molecular flexibility index (Phi) is 5.41. The second-order valence-electron chi connectivity index (χ2n) is 6.42. The molecule has 0 aliphatic carbocycles. The van der Waals surface area contributed by atoms with Crippen molar-refractivity contribution >= 4 is 45.0 Å². The number of carbonyl (C=O) groups is 1. The number of amides is 1. The van der Waals surface area contributed by atoms with Crippen molar-refractivity contribution in [1.82, 2.24) is 0 Å². The topological polar surface area (TPSA) is 36.6 Å². The number of thioether (sulfide) groups is 1. The molecule has 1 aromatic heterocycles. The van der Waals surface area contributed by atoms with Crippen LogP contribution in [-0.2, 0) is 11.3 Å². The Hall–Kier alpha value is -2.70. The van der Waals surface area contributed by atoms with Crippen molar-refractivity contribution in [3.8, 4) is 11.3 Å². The van der Waals surface area contributed by atoms with Gasteiger partial charge in [0.15, 0.2) is 0 Å². The smallest absolute Gasteiger partial charge is 0.273 e. The fourth-order valence-electron chi connectivity index (χ4n) is 3.04. The summed E-state index contributed by atoms with van der Waals surface area (Å²) in [6, 6.07) is 18.2. The van der Waals surface area contributed by atoms with Gasteiger partial charge >= 0.3 is 5.13 Å². The van der Waals surface area contributed by atoms with Crippen LogP contribution in [0.2, 0.25) is 0 Å². The Labute approximate surface area is 172 Å². The van der Waals surface area contributed by atoms with Crippen molar-refractivity contribution in [3.63, 3.8) is 0 Å². The molecule has 0 bridgehead atoms. The third-order valence-corrected chi connectivity index (χ3v) is 6.21. The number of aromatic nitrogens is 1. The van der Waals surface area contributed by atoms with E-state index < -0.39 is 0 Å². The molecule has 4 nitrogen and oxygen atoms in total. The standard InChI is InChI=1S/C22H20N3OS2/c1-3-13-24-19(17-7-5-4-6-8-17)14-27-21(24)23-22-25(20(26)15-28-22)18-11-9-16(2)10-12-18/h3-12,14H,1,13,15H2,2H3/q+1. The molecule has 0 radical (unpaired) electrons. The third kappa shape index (κ3) is 3.66. The van der Waals surface area contributed by atoms with E-state index >= 15 is 0 Å². The van der Waals surface area contributed by atoms with Gasteiger partial charge < -0.3 is 0 Å². The minimum Gasteiger partial charge on any atom is -0.273 e. The number of aryl methyl sites for hydroxylation is 1. The van der Waals surface area contributed by atoms with E-state index in [1.165, 1.54) is 11.8 Å². The van der Waals surface area contributed by atoms with Crippen molar-refractivity contribution in [2.45, 2.75) is 13.5 Å². The van der Waals surface area contributed by atoms with E-state index in [9.17, 15) is 4.79 Å². The number of hydrogen-bond acceptors (Lipinski definition) is 4. The second kappa shape index (κ2) is 8.12. The summed E-state index contributed by atoms with van der Waals surface area (Å²) in [5.41, 5.74) is 4.25. The lowest BCUT2D eigenvalue weighted by Crippen LogP contribution is -2.34. The number of amidine groups is 1. The maximum absolute atomic E-state index is 12.5. The van der Waals surface area contributed by atoms with Gasteiger partial charge in [0.05, 0.1) is 11.4 Å². The number of rotatable bonds is 5. The maximum Gasteiger partial charge on any atom is 0.385 e. The summed E-state index contributed by atoms with van der Waals surface area (Å²) >= 11 is 3.05. The van der Waals surface area contributed by atoms with Crippen LogP contribution in [0.3, 0.4) is 0 Å². The summed E-state index contributed by atoms with van der Waals surface area (Å²) in [4.78, 5) is 19.1. The Balaban J connectivity index is 1.75. The number of nitrogens with zero attached hydrogens (tertiary/aromatic N) is 3. The largest absolute Gasteiger partial charge is 0.385 e. The van der Waals surface area contributed by atoms with Crippen LogP contribution in [0.1, 0.15) is 5.56 Å². The fraction of sp³-hybridized carbons (Fsp3) is 0.136. The van der Waals surface area contributed by atoms with E-state index in [0.29, 0.717) is 17.5 Å². The van der Waals surface area contributed by atoms with E-state index in [1.54, 1.807) is 16.2 Å². The molecule has 0 saturated carbocycles. The molecule has 1 saturated heterocycles. The van der Waals surface area contributed by atoms with Gasteiger partial charge in [-0.2, -0.15) is 0 Å². The molecule has 2 aromatic carbocycles. The summed E-state index contributed by atoms with van der Waals surface area (Å²) in [7, 11) is 0. The number of anilines is 1. The highest BCUT2D eigenvalue weighted by atomic mass is 32.2. The minimum atomic E-state index is 0.0581. The van der Waals surface area contributed by atoms with Crippen molar-refractivity contribution in [3.05, 3.63) is 78.2 Å². The van der Waals surface area contributed by atoms with Gasteiger partial charge in [-0.3, -0.25) is 4.79 Å². The molecule has 0 unspecified atom stereocenters. The molecule has 28 heavy (non-hydrogen) atoms. The van der Waals surface area contributed by atoms with Gasteiger partial charge in [-0.15, -0.1) is 0 Å². The van der Waals surface area contributed by atoms with Crippen molar-refractivity contribution in [1.29, 1.82) is 0 Å². The van der Waals surface area contributed by atoms with Crippen molar-refractivity contribution in [2.24, 2.45) is 4.99 Å². The van der Waals surface area contributed by atoms with Gasteiger partial charge in [0.25, 0.3) is 5.17 Å². The summed E-state index contributed by atoms with van der Waals surface area (Å²) < 4.78 is 2.14. The van der Waals surface area contributed by atoms with Crippen LogP contribution in [0.15, 0.2) is 77.6 Å². The Bertz CT molecular complexity index is 1040. The maximum atomic E-state index is 12.5. The first-order valence-electron chi connectivity index (χ1n) is 8.96. The lowest BCUT2D eigenvalue weighted by molar-refractivity contribution is -0.658. The molecule has 0 atom stereocenters. The van der Waals surface area contributed by atoms with Crippen LogP contribution in [0.25, 0.3) is 11.3 Å². The first kappa shape index (κ1) is 18.7. The van der Waals surface area contributed by atoms with Crippen LogP contribution < -0.4 is 9.47 Å². The van der Waals surface area contributed by atoms with Gasteiger partial charge in [-0.1, -0.05) is 72.0 Å². The van der Waals surface area contributed by atoms with Gasteiger partial charge in [-0.05, 0) is 35.8 Å². The van der Waals surface area contributed by atoms with Gasteiger partial charge in [0.1, 0.15) is 12.2 Å². The highest BCUT2D eigenvalue weighted by molar-refractivity contribution is 8.15. The van der Waals surface area contributed by atoms with Gasteiger partial charge in [0, 0.05) is 10.9 Å². The summed E-state index contributed by atoms with van der Waals surface area (Å²) in [6.45, 7) is 6.58. The van der Waals surface area contributed by atoms with Crippen LogP contribution in [0.4, 0.5) is 10.8 Å². The molecule has 2 heterocycles. The quantitative estimate of drug-likeness (QED) is 0.443. The Morgan fingerprint density at radius 3 is 2.64 bits per heavy atom. The number of thiazole rings is 1. The molecule has 1 aliphatic heterocycles. The average molecular weight is 407 g/mol. The molecule has 1 fully saturated rings. The van der Waals surface area contributed by atoms with Gasteiger partial charge in [0.2, 0.25) is 5.91 Å².